The summed E-state index contributed by atoms with van der Waals surface area (Å²) in [5, 5.41) is 0. The summed E-state index contributed by atoms with van der Waals surface area (Å²) in [5.41, 5.74) is 1.63. The maximum atomic E-state index is 11.3. The smallest absolute Gasteiger partial charge is 0.162 e. The second-order valence-electron chi connectivity index (χ2n) is 2.79. The number of ketones is 1. The average molecular weight is 207 g/mol. The predicted molar refractivity (Wildman–Crippen MR) is 58.7 cm³/mol. The molecule has 0 unspecified atom stereocenters. The third kappa shape index (κ3) is 2.90. The first-order chi connectivity index (χ1) is 6.77. The second-order valence-corrected chi connectivity index (χ2v) is 3.06. The van der Waals surface area contributed by atoms with Gasteiger partial charge in [-0.3, -0.25) is 4.79 Å². The summed E-state index contributed by atoms with van der Waals surface area (Å²) in [6.45, 7) is 1.85. The molecule has 0 atom stereocenters. The van der Waals surface area contributed by atoms with E-state index in [1.54, 1.807) is 12.1 Å². The standard InChI is InChI=1S/C12H11ClO/c1-2-12(14)11-7-5-10(6-8-11)4-3-9-13/h5-8H,2,9H2,1H3. The van der Waals surface area contributed by atoms with E-state index in [1.165, 1.54) is 0 Å². The number of alkyl halides is 1. The van der Waals surface area contributed by atoms with Crippen LogP contribution in [0.1, 0.15) is 29.3 Å². The van der Waals surface area contributed by atoms with Gasteiger partial charge >= 0.3 is 0 Å². The molecule has 0 aliphatic carbocycles. The zero-order valence-corrected chi connectivity index (χ0v) is 8.77. The van der Waals surface area contributed by atoms with Crippen molar-refractivity contribution in [2.45, 2.75) is 13.3 Å². The van der Waals surface area contributed by atoms with Crippen LogP contribution in [0, 0.1) is 11.8 Å². The van der Waals surface area contributed by atoms with Crippen LogP contribution in [-0.2, 0) is 0 Å². The van der Waals surface area contributed by atoms with E-state index in [0.717, 1.165) is 11.1 Å². The minimum absolute atomic E-state index is 0.154. The fourth-order valence-corrected chi connectivity index (χ4v) is 1.15. The fourth-order valence-electron chi connectivity index (χ4n) is 1.08. The van der Waals surface area contributed by atoms with Crippen molar-refractivity contribution in [3.63, 3.8) is 0 Å². The van der Waals surface area contributed by atoms with Crippen LogP contribution in [0.3, 0.4) is 0 Å². The normalized spacial score (nSPS) is 9.00. The molecule has 0 aromatic heterocycles. The van der Waals surface area contributed by atoms with E-state index in [0.29, 0.717) is 12.3 Å². The lowest BCUT2D eigenvalue weighted by atomic mass is 10.1. The minimum atomic E-state index is 0.154. The molecule has 0 heterocycles. The summed E-state index contributed by atoms with van der Waals surface area (Å²) >= 11 is 5.43. The van der Waals surface area contributed by atoms with Gasteiger partial charge in [-0.1, -0.05) is 30.9 Å². The highest BCUT2D eigenvalue weighted by atomic mass is 35.5. The lowest BCUT2D eigenvalue weighted by molar-refractivity contribution is 0.0988. The maximum absolute atomic E-state index is 11.3. The molecule has 1 nitrogen and oxygen atoms in total. The van der Waals surface area contributed by atoms with Crippen LogP contribution in [0.25, 0.3) is 0 Å². The van der Waals surface area contributed by atoms with Crippen molar-refractivity contribution in [2.75, 3.05) is 5.88 Å². The van der Waals surface area contributed by atoms with E-state index in [2.05, 4.69) is 11.8 Å². The number of Topliss-reactive ketones (excluding diaryl/α,β-unsaturated/α-hetero) is 1. The first-order valence-electron chi connectivity index (χ1n) is 4.46. The molecule has 14 heavy (non-hydrogen) atoms. The molecule has 1 aromatic rings. The third-order valence-corrected chi connectivity index (χ3v) is 1.96. The molecule has 0 radical (unpaired) electrons. The molecule has 0 N–H and O–H groups in total. The summed E-state index contributed by atoms with van der Waals surface area (Å²) in [6.07, 6.45) is 0.534. The van der Waals surface area contributed by atoms with Crippen LogP contribution >= 0.6 is 11.6 Å². The van der Waals surface area contributed by atoms with Gasteiger partial charge in [0.2, 0.25) is 0 Å². The van der Waals surface area contributed by atoms with Crippen LogP contribution < -0.4 is 0 Å². The van der Waals surface area contributed by atoms with Crippen molar-refractivity contribution in [1.82, 2.24) is 0 Å². The van der Waals surface area contributed by atoms with E-state index in [9.17, 15) is 4.79 Å². The third-order valence-electron chi connectivity index (χ3n) is 1.83. The van der Waals surface area contributed by atoms with E-state index in [-0.39, 0.29) is 5.78 Å². The van der Waals surface area contributed by atoms with Gasteiger partial charge in [0.25, 0.3) is 0 Å². The number of carbonyl (C=O) groups excluding carboxylic acids is 1. The Bertz CT molecular complexity index is 368. The van der Waals surface area contributed by atoms with Crippen LogP contribution in [0.5, 0.6) is 0 Å². The first-order valence-corrected chi connectivity index (χ1v) is 4.99. The van der Waals surface area contributed by atoms with Gasteiger partial charge in [-0.05, 0) is 12.1 Å². The lowest BCUT2D eigenvalue weighted by Gasteiger charge is -1.96. The minimum Gasteiger partial charge on any atom is -0.294 e. The molecular weight excluding hydrogens is 196 g/mol. The Morgan fingerprint density at radius 2 is 2.00 bits per heavy atom. The fraction of sp³-hybridized carbons (Fsp3) is 0.250. The number of carbonyl (C=O) groups is 1. The Balaban J connectivity index is 2.83. The van der Waals surface area contributed by atoms with Gasteiger partial charge in [-0.2, -0.15) is 0 Å². The van der Waals surface area contributed by atoms with Gasteiger partial charge in [0.05, 0.1) is 5.88 Å². The average Bonchev–Trinajstić information content (AvgIpc) is 2.26. The number of hydrogen-bond donors (Lipinski definition) is 0. The summed E-state index contributed by atoms with van der Waals surface area (Å²) < 4.78 is 0. The van der Waals surface area contributed by atoms with Crippen molar-refractivity contribution in [1.29, 1.82) is 0 Å². The highest BCUT2D eigenvalue weighted by Gasteiger charge is 2.00. The van der Waals surface area contributed by atoms with Crippen molar-refractivity contribution >= 4 is 17.4 Å². The maximum Gasteiger partial charge on any atom is 0.162 e. The number of hydrogen-bond acceptors (Lipinski definition) is 1. The molecule has 2 heteroatoms. The van der Waals surface area contributed by atoms with E-state index in [1.807, 2.05) is 19.1 Å². The van der Waals surface area contributed by atoms with E-state index in [4.69, 9.17) is 11.6 Å². The molecule has 0 saturated carbocycles. The van der Waals surface area contributed by atoms with Crippen molar-refractivity contribution in [2.24, 2.45) is 0 Å². The molecule has 0 bridgehead atoms. The van der Waals surface area contributed by atoms with Crippen LogP contribution in [0.4, 0.5) is 0 Å². The first kappa shape index (κ1) is 10.8. The highest BCUT2D eigenvalue weighted by Crippen LogP contribution is 2.05. The number of halogens is 1. The molecular formula is C12H11ClO. The Hall–Kier alpha value is -1.26. The van der Waals surface area contributed by atoms with Gasteiger partial charge in [0.1, 0.15) is 0 Å². The molecule has 0 fully saturated rings. The van der Waals surface area contributed by atoms with Gasteiger partial charge < -0.3 is 0 Å². The molecule has 0 saturated heterocycles. The monoisotopic (exact) mass is 206 g/mol. The summed E-state index contributed by atoms with van der Waals surface area (Å²) in [7, 11) is 0. The molecule has 0 amide bonds. The molecule has 0 spiro atoms. The Labute approximate surface area is 89.1 Å². The molecule has 0 aliphatic rings. The van der Waals surface area contributed by atoms with E-state index >= 15 is 0 Å². The van der Waals surface area contributed by atoms with Gasteiger partial charge in [-0.15, -0.1) is 11.6 Å². The van der Waals surface area contributed by atoms with Crippen LogP contribution in [-0.4, -0.2) is 11.7 Å². The molecule has 1 aromatic carbocycles. The topological polar surface area (TPSA) is 17.1 Å². The van der Waals surface area contributed by atoms with Crippen molar-refractivity contribution < 1.29 is 4.79 Å². The largest absolute Gasteiger partial charge is 0.294 e. The number of benzene rings is 1. The van der Waals surface area contributed by atoms with Gasteiger partial charge in [-0.25, -0.2) is 0 Å². The Morgan fingerprint density at radius 3 is 2.50 bits per heavy atom. The van der Waals surface area contributed by atoms with Crippen molar-refractivity contribution in [3.8, 4) is 11.8 Å². The summed E-state index contributed by atoms with van der Waals surface area (Å²) in [4.78, 5) is 11.3. The number of rotatable bonds is 2. The summed E-state index contributed by atoms with van der Waals surface area (Å²) in [6, 6.07) is 7.26. The van der Waals surface area contributed by atoms with Gasteiger partial charge in [0, 0.05) is 17.5 Å². The summed E-state index contributed by atoms with van der Waals surface area (Å²) in [5.74, 6) is 6.13. The van der Waals surface area contributed by atoms with Crippen LogP contribution in [0.15, 0.2) is 24.3 Å². The second kappa shape index (κ2) is 5.47. The van der Waals surface area contributed by atoms with E-state index < -0.39 is 0 Å². The lowest BCUT2D eigenvalue weighted by Crippen LogP contribution is -1.95. The Morgan fingerprint density at radius 1 is 1.36 bits per heavy atom. The molecule has 1 rings (SSSR count). The van der Waals surface area contributed by atoms with Crippen molar-refractivity contribution in [3.05, 3.63) is 35.4 Å². The zero-order chi connectivity index (χ0) is 10.4. The highest BCUT2D eigenvalue weighted by molar-refractivity contribution is 6.19. The molecule has 72 valence electrons. The zero-order valence-electron chi connectivity index (χ0n) is 8.01. The predicted octanol–water partition coefficient (Wildman–Crippen LogP) is 2.87. The SMILES string of the molecule is CCC(=O)c1ccc(C#CCCl)cc1. The molecule has 0 aliphatic heterocycles. The quantitative estimate of drug-likeness (QED) is 0.413. The van der Waals surface area contributed by atoms with Gasteiger partial charge in [0.15, 0.2) is 5.78 Å². The Kier molecular flexibility index (Phi) is 4.22. The van der Waals surface area contributed by atoms with Crippen LogP contribution in [0.2, 0.25) is 0 Å².